The molecule has 2 heterocycles. The van der Waals surface area contributed by atoms with Crippen molar-refractivity contribution in [3.8, 4) is 0 Å². The van der Waals surface area contributed by atoms with Crippen molar-refractivity contribution in [2.24, 2.45) is 5.92 Å². The second kappa shape index (κ2) is 8.58. The van der Waals surface area contributed by atoms with Crippen molar-refractivity contribution in [1.29, 1.82) is 0 Å². The van der Waals surface area contributed by atoms with Gasteiger partial charge in [0.05, 0.1) is 16.2 Å². The molecule has 8 nitrogen and oxygen atoms in total. The van der Waals surface area contributed by atoms with E-state index in [1.807, 2.05) is 0 Å². The fourth-order valence-corrected chi connectivity index (χ4v) is 3.94. The molecule has 2 fully saturated rings. The van der Waals surface area contributed by atoms with Gasteiger partial charge in [0.2, 0.25) is 5.91 Å². The van der Waals surface area contributed by atoms with Crippen LogP contribution < -0.4 is 4.90 Å². The number of carbonyl (C=O) groups is 2. The minimum Gasteiger partial charge on any atom is -0.371 e. The molecule has 2 aliphatic rings. The molecule has 2 aliphatic heterocycles. The van der Waals surface area contributed by atoms with Crippen LogP contribution in [-0.4, -0.2) is 65.8 Å². The van der Waals surface area contributed by atoms with Gasteiger partial charge >= 0.3 is 0 Å². The fraction of sp³-hybridized carbons (Fsp3) is 0.600. The molecule has 0 spiro atoms. The molecule has 0 atom stereocenters. The number of nitro groups is 1. The molecule has 0 saturated carbocycles. The van der Waals surface area contributed by atoms with Crippen molar-refractivity contribution in [3.05, 3.63) is 33.9 Å². The lowest BCUT2D eigenvalue weighted by atomic mass is 9.97. The van der Waals surface area contributed by atoms with Crippen molar-refractivity contribution in [2.45, 2.75) is 33.1 Å². The number of piperidine rings is 1. The lowest BCUT2D eigenvalue weighted by Crippen LogP contribution is -2.38. The largest absolute Gasteiger partial charge is 0.371 e. The number of nitrogens with zero attached hydrogens (tertiary/aromatic N) is 4. The molecule has 2 amide bonds. The zero-order valence-corrected chi connectivity index (χ0v) is 16.6. The van der Waals surface area contributed by atoms with Crippen molar-refractivity contribution < 1.29 is 14.5 Å². The molecule has 0 aliphatic carbocycles. The van der Waals surface area contributed by atoms with E-state index in [0.29, 0.717) is 44.1 Å². The Morgan fingerprint density at radius 2 is 1.68 bits per heavy atom. The third-order valence-corrected chi connectivity index (χ3v) is 5.77. The summed E-state index contributed by atoms with van der Waals surface area (Å²) in [5.74, 6) is 0.465. The van der Waals surface area contributed by atoms with Crippen LogP contribution in [0.3, 0.4) is 0 Å². The number of non-ortho nitro benzene ring substituents is 1. The highest BCUT2D eigenvalue weighted by Gasteiger charge is 2.27. The molecular weight excluding hydrogens is 360 g/mol. The van der Waals surface area contributed by atoms with Gasteiger partial charge in [0.1, 0.15) is 0 Å². The van der Waals surface area contributed by atoms with Gasteiger partial charge in [-0.3, -0.25) is 19.7 Å². The third-order valence-electron chi connectivity index (χ3n) is 5.77. The van der Waals surface area contributed by atoms with Gasteiger partial charge in [0, 0.05) is 58.3 Å². The Morgan fingerprint density at radius 1 is 1.04 bits per heavy atom. The van der Waals surface area contributed by atoms with Gasteiger partial charge in [-0.15, -0.1) is 0 Å². The molecule has 1 aromatic carbocycles. The lowest BCUT2D eigenvalue weighted by molar-refractivity contribution is -0.384. The summed E-state index contributed by atoms with van der Waals surface area (Å²) in [4.78, 5) is 41.4. The highest BCUT2D eigenvalue weighted by molar-refractivity contribution is 6.00. The molecule has 0 unspecified atom stereocenters. The molecule has 8 heteroatoms. The van der Waals surface area contributed by atoms with Crippen molar-refractivity contribution in [2.75, 3.05) is 44.2 Å². The standard InChI is InChI=1S/C20H28N4O4/c1-15-6-10-22(11-7-15)19-5-4-17(24(27)28)14-18(19)20(26)23-9-3-8-21(12-13-23)16(2)25/h4-5,14-15H,3,6-13H2,1-2H3. The molecule has 3 rings (SSSR count). The normalized spacial score (nSPS) is 18.7. The van der Waals surface area contributed by atoms with E-state index in [1.54, 1.807) is 15.9 Å². The van der Waals surface area contributed by atoms with E-state index in [0.717, 1.165) is 31.6 Å². The van der Waals surface area contributed by atoms with Crippen LogP contribution in [0.5, 0.6) is 0 Å². The number of rotatable bonds is 3. The third kappa shape index (κ3) is 4.43. The SMILES string of the molecule is CC(=O)N1CCCN(C(=O)c2cc([N+](=O)[O-])ccc2N2CCC(C)CC2)CC1. The smallest absolute Gasteiger partial charge is 0.270 e. The zero-order chi connectivity index (χ0) is 20.3. The maximum Gasteiger partial charge on any atom is 0.270 e. The van der Waals surface area contributed by atoms with Gasteiger partial charge in [-0.1, -0.05) is 6.92 Å². The van der Waals surface area contributed by atoms with Crippen LogP contribution in [0.4, 0.5) is 11.4 Å². The summed E-state index contributed by atoms with van der Waals surface area (Å²) < 4.78 is 0. The van der Waals surface area contributed by atoms with Gasteiger partial charge in [-0.05, 0) is 31.2 Å². The Morgan fingerprint density at radius 3 is 2.32 bits per heavy atom. The summed E-state index contributed by atoms with van der Waals surface area (Å²) in [6.45, 7) is 7.55. The molecule has 1 aromatic rings. The topological polar surface area (TPSA) is 87.0 Å². The van der Waals surface area contributed by atoms with Crippen LogP contribution >= 0.6 is 0 Å². The molecule has 0 bridgehead atoms. The first kappa shape index (κ1) is 20.1. The first-order valence-electron chi connectivity index (χ1n) is 9.95. The Balaban J connectivity index is 1.87. The summed E-state index contributed by atoms with van der Waals surface area (Å²) in [6, 6.07) is 4.59. The average Bonchev–Trinajstić information content (AvgIpc) is 2.94. The highest BCUT2D eigenvalue weighted by atomic mass is 16.6. The molecule has 0 N–H and O–H groups in total. The second-order valence-corrected chi connectivity index (χ2v) is 7.78. The Kier molecular flexibility index (Phi) is 6.16. The van der Waals surface area contributed by atoms with E-state index in [9.17, 15) is 19.7 Å². The maximum atomic E-state index is 13.3. The zero-order valence-electron chi connectivity index (χ0n) is 16.6. The van der Waals surface area contributed by atoms with Crippen molar-refractivity contribution in [1.82, 2.24) is 9.80 Å². The summed E-state index contributed by atoms with van der Waals surface area (Å²) in [5, 5.41) is 11.3. The second-order valence-electron chi connectivity index (χ2n) is 7.78. The van der Waals surface area contributed by atoms with Crippen LogP contribution in [0.15, 0.2) is 18.2 Å². The fourth-order valence-electron chi connectivity index (χ4n) is 3.94. The highest BCUT2D eigenvalue weighted by Crippen LogP contribution is 2.30. The minimum absolute atomic E-state index is 0.00720. The Labute approximate surface area is 165 Å². The van der Waals surface area contributed by atoms with E-state index in [2.05, 4.69) is 11.8 Å². The Bertz CT molecular complexity index is 759. The monoisotopic (exact) mass is 388 g/mol. The van der Waals surface area contributed by atoms with Crippen LogP contribution in [0.1, 0.15) is 43.5 Å². The van der Waals surface area contributed by atoms with Crippen molar-refractivity contribution in [3.63, 3.8) is 0 Å². The molecule has 2 saturated heterocycles. The van der Waals surface area contributed by atoms with Gasteiger partial charge in [0.25, 0.3) is 11.6 Å². The Hall–Kier alpha value is -2.64. The summed E-state index contributed by atoms with van der Waals surface area (Å²) in [7, 11) is 0. The molecule has 28 heavy (non-hydrogen) atoms. The van der Waals surface area contributed by atoms with E-state index >= 15 is 0 Å². The van der Waals surface area contributed by atoms with Gasteiger partial charge in [0.15, 0.2) is 0 Å². The van der Waals surface area contributed by atoms with Crippen LogP contribution in [0, 0.1) is 16.0 Å². The van der Waals surface area contributed by atoms with Crippen LogP contribution in [-0.2, 0) is 4.79 Å². The van der Waals surface area contributed by atoms with E-state index in [4.69, 9.17) is 0 Å². The number of hydrogen-bond donors (Lipinski definition) is 0. The molecule has 0 radical (unpaired) electrons. The van der Waals surface area contributed by atoms with E-state index in [1.165, 1.54) is 19.1 Å². The molecule has 152 valence electrons. The first-order valence-corrected chi connectivity index (χ1v) is 9.95. The number of amides is 2. The molecule has 0 aromatic heterocycles. The lowest BCUT2D eigenvalue weighted by Gasteiger charge is -2.34. The van der Waals surface area contributed by atoms with Crippen LogP contribution in [0.2, 0.25) is 0 Å². The number of benzene rings is 1. The number of nitro benzene ring substituents is 1. The maximum absolute atomic E-state index is 13.3. The predicted octanol–water partition coefficient (Wildman–Crippen LogP) is 2.53. The first-order chi connectivity index (χ1) is 13.4. The average molecular weight is 388 g/mol. The summed E-state index contributed by atoms with van der Waals surface area (Å²) >= 11 is 0. The predicted molar refractivity (Wildman–Crippen MR) is 106 cm³/mol. The number of carbonyl (C=O) groups excluding carboxylic acids is 2. The van der Waals surface area contributed by atoms with Crippen LogP contribution in [0.25, 0.3) is 0 Å². The number of hydrogen-bond acceptors (Lipinski definition) is 5. The molecular formula is C20H28N4O4. The summed E-state index contributed by atoms with van der Waals surface area (Å²) in [5.41, 5.74) is 1.09. The van der Waals surface area contributed by atoms with Crippen molar-refractivity contribution >= 4 is 23.2 Å². The number of anilines is 1. The van der Waals surface area contributed by atoms with E-state index < -0.39 is 4.92 Å². The summed E-state index contributed by atoms with van der Waals surface area (Å²) in [6.07, 6.45) is 2.79. The van der Waals surface area contributed by atoms with Gasteiger partial charge < -0.3 is 14.7 Å². The minimum atomic E-state index is -0.460. The van der Waals surface area contributed by atoms with Gasteiger partial charge in [-0.2, -0.15) is 0 Å². The van der Waals surface area contributed by atoms with Gasteiger partial charge in [-0.25, -0.2) is 0 Å². The quantitative estimate of drug-likeness (QED) is 0.587. The van der Waals surface area contributed by atoms with E-state index in [-0.39, 0.29) is 17.5 Å².